The number of carbonyl (C=O) groups excluding carboxylic acids is 1. The average molecular weight is 464 g/mol. The number of unbranched alkanes of at least 4 members (excludes halogenated alkanes) is 1. The highest BCUT2D eigenvalue weighted by molar-refractivity contribution is 7.92. The van der Waals surface area contributed by atoms with Gasteiger partial charge in [-0.05, 0) is 62.6 Å². The maximum atomic E-state index is 12.6. The first-order valence-corrected chi connectivity index (χ1v) is 12.2. The van der Waals surface area contributed by atoms with E-state index in [9.17, 15) is 13.2 Å². The van der Waals surface area contributed by atoms with Crippen molar-refractivity contribution in [3.63, 3.8) is 0 Å². The van der Waals surface area contributed by atoms with E-state index < -0.39 is 10.0 Å². The molecule has 0 saturated carbocycles. The van der Waals surface area contributed by atoms with E-state index in [0.717, 1.165) is 30.0 Å². The Labute approximate surface area is 185 Å². The van der Waals surface area contributed by atoms with E-state index in [0.29, 0.717) is 22.8 Å². The summed E-state index contributed by atoms with van der Waals surface area (Å²) in [6.45, 7) is 2.49. The molecular weight excluding hydrogens is 442 g/mol. The number of halogens is 1. The lowest BCUT2D eigenvalue weighted by Gasteiger charge is -2.10. The molecule has 0 saturated heterocycles. The number of aryl methyl sites for hydroxylation is 2. The van der Waals surface area contributed by atoms with Gasteiger partial charge in [-0.2, -0.15) is 0 Å². The number of nitrogens with one attached hydrogen (secondary N) is 2. The lowest BCUT2D eigenvalue weighted by atomic mass is 10.2. The quantitative estimate of drug-likeness (QED) is 0.452. The zero-order chi connectivity index (χ0) is 21.6. The maximum absolute atomic E-state index is 12.6. The highest BCUT2D eigenvalue weighted by atomic mass is 35.5. The Bertz CT molecular complexity index is 1130. The van der Waals surface area contributed by atoms with Crippen LogP contribution in [0.3, 0.4) is 0 Å². The number of anilines is 1. The predicted octanol–water partition coefficient (Wildman–Crippen LogP) is 4.66. The molecule has 1 heterocycles. The molecule has 158 valence electrons. The molecule has 0 unspecified atom stereocenters. The second-order valence-electron chi connectivity index (χ2n) is 6.74. The number of benzene rings is 2. The first kappa shape index (κ1) is 22.3. The standard InChI is InChI=1S/C21H22ClN3O3S2/c1-15-14-29-20(24-15)10-2-3-11-23-21(26)16-6-4-9-19(12-16)30(27,28)25-18-8-5-7-17(22)13-18/h4-9,12-14,25H,2-3,10-11H2,1H3,(H,23,26). The number of aromatic nitrogens is 1. The fourth-order valence-corrected chi connectivity index (χ4v) is 4.90. The lowest BCUT2D eigenvalue weighted by molar-refractivity contribution is 0.0953. The van der Waals surface area contributed by atoms with Gasteiger partial charge in [0.1, 0.15) is 0 Å². The van der Waals surface area contributed by atoms with E-state index in [1.165, 1.54) is 18.2 Å². The molecule has 0 aliphatic carbocycles. The predicted molar refractivity (Wildman–Crippen MR) is 121 cm³/mol. The molecule has 0 aliphatic heterocycles. The summed E-state index contributed by atoms with van der Waals surface area (Å²) in [5.41, 5.74) is 1.68. The topological polar surface area (TPSA) is 88.2 Å². The molecule has 0 fully saturated rings. The summed E-state index contributed by atoms with van der Waals surface area (Å²) < 4.78 is 27.7. The average Bonchev–Trinajstić information content (AvgIpc) is 3.12. The van der Waals surface area contributed by atoms with Crippen LogP contribution in [0.4, 0.5) is 5.69 Å². The summed E-state index contributed by atoms with van der Waals surface area (Å²) in [7, 11) is -3.84. The number of nitrogens with zero attached hydrogens (tertiary/aromatic N) is 1. The summed E-state index contributed by atoms with van der Waals surface area (Å²) in [5, 5.41) is 6.39. The molecule has 0 atom stereocenters. The first-order valence-electron chi connectivity index (χ1n) is 9.41. The van der Waals surface area contributed by atoms with Crippen LogP contribution >= 0.6 is 22.9 Å². The summed E-state index contributed by atoms with van der Waals surface area (Å²) >= 11 is 7.55. The Morgan fingerprint density at radius 1 is 1.13 bits per heavy atom. The second kappa shape index (κ2) is 10.1. The van der Waals surface area contributed by atoms with Crippen LogP contribution in [0, 0.1) is 6.92 Å². The van der Waals surface area contributed by atoms with E-state index in [4.69, 9.17) is 11.6 Å². The van der Waals surface area contributed by atoms with Crippen LogP contribution in [0.2, 0.25) is 5.02 Å². The molecule has 3 rings (SSSR count). The molecule has 6 nitrogen and oxygen atoms in total. The maximum Gasteiger partial charge on any atom is 0.261 e. The molecule has 0 aliphatic rings. The molecule has 0 radical (unpaired) electrons. The van der Waals surface area contributed by atoms with Crippen molar-refractivity contribution < 1.29 is 13.2 Å². The largest absolute Gasteiger partial charge is 0.352 e. The van der Waals surface area contributed by atoms with Gasteiger partial charge in [0, 0.05) is 28.2 Å². The van der Waals surface area contributed by atoms with Gasteiger partial charge < -0.3 is 5.32 Å². The normalized spacial score (nSPS) is 11.3. The highest BCUT2D eigenvalue weighted by Crippen LogP contribution is 2.20. The molecule has 2 N–H and O–H groups in total. The summed E-state index contributed by atoms with van der Waals surface area (Å²) in [4.78, 5) is 16.8. The van der Waals surface area contributed by atoms with E-state index in [1.807, 2.05) is 12.3 Å². The third kappa shape index (κ3) is 6.29. The van der Waals surface area contributed by atoms with E-state index in [-0.39, 0.29) is 10.8 Å². The fraction of sp³-hybridized carbons (Fsp3) is 0.238. The third-order valence-corrected chi connectivity index (χ3v) is 6.89. The van der Waals surface area contributed by atoms with E-state index in [2.05, 4.69) is 15.0 Å². The molecule has 30 heavy (non-hydrogen) atoms. The number of sulfonamides is 1. The zero-order valence-electron chi connectivity index (χ0n) is 16.4. The molecule has 3 aromatic rings. The fourth-order valence-electron chi connectivity index (χ4n) is 2.79. The van der Waals surface area contributed by atoms with E-state index >= 15 is 0 Å². The van der Waals surface area contributed by atoms with Crippen LogP contribution < -0.4 is 10.0 Å². The van der Waals surface area contributed by atoms with Gasteiger partial charge in [-0.3, -0.25) is 9.52 Å². The molecule has 0 spiro atoms. The van der Waals surface area contributed by atoms with E-state index in [1.54, 1.807) is 41.7 Å². The highest BCUT2D eigenvalue weighted by Gasteiger charge is 2.16. The smallest absolute Gasteiger partial charge is 0.261 e. The monoisotopic (exact) mass is 463 g/mol. The van der Waals surface area contributed by atoms with Crippen LogP contribution in [0.25, 0.3) is 0 Å². The Morgan fingerprint density at radius 2 is 1.93 bits per heavy atom. The number of amides is 1. The van der Waals surface area contributed by atoms with Crippen molar-refractivity contribution >= 4 is 44.6 Å². The van der Waals surface area contributed by atoms with Gasteiger partial charge >= 0.3 is 0 Å². The van der Waals surface area contributed by atoms with Crippen molar-refractivity contribution in [2.24, 2.45) is 0 Å². The summed E-state index contributed by atoms with van der Waals surface area (Å²) in [6.07, 6.45) is 2.63. The number of hydrogen-bond acceptors (Lipinski definition) is 5. The summed E-state index contributed by atoms with van der Waals surface area (Å²) in [5.74, 6) is -0.306. The summed E-state index contributed by atoms with van der Waals surface area (Å²) in [6, 6.07) is 12.4. The molecule has 0 bridgehead atoms. The van der Waals surface area contributed by atoms with Gasteiger partial charge in [0.05, 0.1) is 15.6 Å². The Morgan fingerprint density at radius 3 is 2.67 bits per heavy atom. The first-order chi connectivity index (χ1) is 14.3. The Kier molecular flexibility index (Phi) is 7.47. The Hall–Kier alpha value is -2.42. The minimum atomic E-state index is -3.84. The zero-order valence-corrected chi connectivity index (χ0v) is 18.8. The van der Waals surface area contributed by atoms with Gasteiger partial charge in [-0.1, -0.05) is 23.7 Å². The number of rotatable bonds is 9. The minimum absolute atomic E-state index is 0.00858. The molecule has 2 aromatic carbocycles. The number of carbonyl (C=O) groups is 1. The lowest BCUT2D eigenvalue weighted by Crippen LogP contribution is -2.25. The van der Waals surface area contributed by atoms with Crippen molar-refractivity contribution in [3.8, 4) is 0 Å². The van der Waals surface area contributed by atoms with Crippen molar-refractivity contribution in [3.05, 3.63) is 75.2 Å². The third-order valence-electron chi connectivity index (χ3n) is 4.25. The van der Waals surface area contributed by atoms with Crippen LogP contribution in [-0.2, 0) is 16.4 Å². The van der Waals surface area contributed by atoms with Crippen molar-refractivity contribution in [2.75, 3.05) is 11.3 Å². The van der Waals surface area contributed by atoms with Crippen LogP contribution in [0.1, 0.15) is 33.9 Å². The van der Waals surface area contributed by atoms with Crippen molar-refractivity contribution in [1.29, 1.82) is 0 Å². The number of hydrogen-bond donors (Lipinski definition) is 2. The molecular formula is C21H22ClN3O3S2. The van der Waals surface area contributed by atoms with Crippen molar-refractivity contribution in [2.45, 2.75) is 31.1 Å². The SMILES string of the molecule is Cc1csc(CCCCNC(=O)c2cccc(S(=O)(=O)Nc3cccc(Cl)c3)c2)n1. The Balaban J connectivity index is 1.55. The van der Waals surface area contributed by atoms with Gasteiger partial charge in [-0.25, -0.2) is 13.4 Å². The minimum Gasteiger partial charge on any atom is -0.352 e. The molecule has 9 heteroatoms. The second-order valence-corrected chi connectivity index (χ2v) is 9.80. The van der Waals surface area contributed by atoms with Gasteiger partial charge in [-0.15, -0.1) is 11.3 Å². The van der Waals surface area contributed by atoms with Crippen molar-refractivity contribution in [1.82, 2.24) is 10.3 Å². The number of thiazole rings is 1. The van der Waals surface area contributed by atoms with Gasteiger partial charge in [0.25, 0.3) is 15.9 Å². The molecule has 1 aromatic heterocycles. The van der Waals surface area contributed by atoms with Gasteiger partial charge in [0.2, 0.25) is 0 Å². The van der Waals surface area contributed by atoms with Crippen LogP contribution in [0.15, 0.2) is 58.8 Å². The van der Waals surface area contributed by atoms with Crippen LogP contribution in [-0.4, -0.2) is 25.9 Å². The van der Waals surface area contributed by atoms with Crippen LogP contribution in [0.5, 0.6) is 0 Å². The molecule has 1 amide bonds. The van der Waals surface area contributed by atoms with Gasteiger partial charge in [0.15, 0.2) is 0 Å².